The van der Waals surface area contributed by atoms with Gasteiger partial charge in [0.1, 0.15) is 0 Å². The van der Waals surface area contributed by atoms with E-state index in [2.05, 4.69) is 5.32 Å². The number of halogens is 3. The lowest BCUT2D eigenvalue weighted by atomic mass is 10.2. The SMILES string of the molecule is CCS(=O)CCNCc1c(Cl)ccc(Cl)c1Cl. The van der Waals surface area contributed by atoms with E-state index in [1.807, 2.05) is 6.92 Å². The molecule has 17 heavy (non-hydrogen) atoms. The van der Waals surface area contributed by atoms with Gasteiger partial charge in [0, 0.05) is 46.0 Å². The van der Waals surface area contributed by atoms with Crippen LogP contribution in [0.1, 0.15) is 12.5 Å². The van der Waals surface area contributed by atoms with Crippen LogP contribution < -0.4 is 5.32 Å². The Morgan fingerprint density at radius 1 is 1.24 bits per heavy atom. The van der Waals surface area contributed by atoms with Gasteiger partial charge in [-0.15, -0.1) is 0 Å². The van der Waals surface area contributed by atoms with Crippen LogP contribution in [0.25, 0.3) is 0 Å². The summed E-state index contributed by atoms with van der Waals surface area (Å²) >= 11 is 18.0. The maximum atomic E-state index is 11.2. The molecular weight excluding hydrogens is 301 g/mol. The van der Waals surface area contributed by atoms with Crippen molar-refractivity contribution < 1.29 is 4.21 Å². The Morgan fingerprint density at radius 2 is 1.88 bits per heavy atom. The van der Waals surface area contributed by atoms with Gasteiger partial charge < -0.3 is 5.32 Å². The smallest absolute Gasteiger partial charge is 0.0652 e. The normalized spacial score (nSPS) is 12.7. The van der Waals surface area contributed by atoms with Crippen LogP contribution in [0.3, 0.4) is 0 Å². The summed E-state index contributed by atoms with van der Waals surface area (Å²) < 4.78 is 11.2. The van der Waals surface area contributed by atoms with Gasteiger partial charge in [0.15, 0.2) is 0 Å². The van der Waals surface area contributed by atoms with Crippen LogP contribution >= 0.6 is 34.8 Å². The van der Waals surface area contributed by atoms with Crippen LogP contribution in [-0.4, -0.2) is 22.3 Å². The predicted octanol–water partition coefficient (Wildman–Crippen LogP) is 3.51. The van der Waals surface area contributed by atoms with Crippen molar-refractivity contribution in [2.45, 2.75) is 13.5 Å². The highest BCUT2D eigenvalue weighted by molar-refractivity contribution is 7.84. The summed E-state index contributed by atoms with van der Waals surface area (Å²) in [5.41, 5.74) is 0.781. The van der Waals surface area contributed by atoms with Crippen molar-refractivity contribution in [2.24, 2.45) is 0 Å². The second-order valence-electron chi connectivity index (χ2n) is 3.43. The molecule has 0 saturated heterocycles. The van der Waals surface area contributed by atoms with E-state index in [4.69, 9.17) is 34.8 Å². The van der Waals surface area contributed by atoms with E-state index in [0.717, 1.165) is 5.56 Å². The Labute approximate surface area is 119 Å². The molecule has 1 unspecified atom stereocenters. The lowest BCUT2D eigenvalue weighted by molar-refractivity contribution is 0.674. The average molecular weight is 315 g/mol. The van der Waals surface area contributed by atoms with Gasteiger partial charge in [0.05, 0.1) is 10.0 Å². The molecule has 96 valence electrons. The van der Waals surface area contributed by atoms with E-state index in [9.17, 15) is 4.21 Å². The number of nitrogens with one attached hydrogen (secondary N) is 1. The summed E-state index contributed by atoms with van der Waals surface area (Å²) in [6.45, 7) is 3.10. The van der Waals surface area contributed by atoms with E-state index in [1.54, 1.807) is 12.1 Å². The van der Waals surface area contributed by atoms with Crippen molar-refractivity contribution in [1.29, 1.82) is 0 Å². The minimum absolute atomic E-state index is 0.475. The van der Waals surface area contributed by atoms with E-state index < -0.39 is 10.8 Å². The third-order valence-electron chi connectivity index (χ3n) is 2.27. The summed E-state index contributed by atoms with van der Waals surface area (Å²) in [4.78, 5) is 0. The Morgan fingerprint density at radius 3 is 2.53 bits per heavy atom. The zero-order valence-corrected chi connectivity index (χ0v) is 12.5. The first-order valence-electron chi connectivity index (χ1n) is 5.24. The zero-order valence-electron chi connectivity index (χ0n) is 9.43. The van der Waals surface area contributed by atoms with Crippen LogP contribution in [0.4, 0.5) is 0 Å². The molecule has 0 aliphatic carbocycles. The first-order valence-corrected chi connectivity index (χ1v) is 7.86. The van der Waals surface area contributed by atoms with Gasteiger partial charge in [-0.3, -0.25) is 4.21 Å². The largest absolute Gasteiger partial charge is 0.312 e. The molecule has 0 spiro atoms. The Bertz CT molecular complexity index is 412. The van der Waals surface area contributed by atoms with Crippen molar-refractivity contribution in [3.63, 3.8) is 0 Å². The van der Waals surface area contributed by atoms with E-state index >= 15 is 0 Å². The van der Waals surface area contributed by atoms with Crippen molar-refractivity contribution in [3.8, 4) is 0 Å². The number of benzene rings is 1. The molecule has 0 amide bonds. The third kappa shape index (κ3) is 4.76. The maximum absolute atomic E-state index is 11.2. The van der Waals surface area contributed by atoms with Gasteiger partial charge in [-0.25, -0.2) is 0 Å². The summed E-state index contributed by atoms with van der Waals surface area (Å²) in [5, 5.41) is 4.71. The zero-order chi connectivity index (χ0) is 12.8. The van der Waals surface area contributed by atoms with Crippen molar-refractivity contribution in [1.82, 2.24) is 5.32 Å². The molecule has 0 aliphatic rings. The highest BCUT2D eigenvalue weighted by Gasteiger charge is 2.09. The van der Waals surface area contributed by atoms with Crippen LogP contribution in [-0.2, 0) is 17.3 Å². The Hall–Kier alpha value is 0.200. The molecule has 1 aromatic rings. The first-order chi connectivity index (χ1) is 8.06. The lowest BCUT2D eigenvalue weighted by Gasteiger charge is -2.09. The minimum atomic E-state index is -0.754. The van der Waals surface area contributed by atoms with Crippen LogP contribution in [0, 0.1) is 0 Å². The van der Waals surface area contributed by atoms with Gasteiger partial charge in [-0.1, -0.05) is 41.7 Å². The van der Waals surface area contributed by atoms with Gasteiger partial charge >= 0.3 is 0 Å². The second-order valence-corrected chi connectivity index (χ2v) is 6.49. The molecule has 1 aromatic carbocycles. The van der Waals surface area contributed by atoms with Crippen LogP contribution in [0.15, 0.2) is 12.1 Å². The molecule has 1 N–H and O–H groups in total. The monoisotopic (exact) mass is 313 g/mol. The average Bonchev–Trinajstić information content (AvgIpc) is 2.32. The first kappa shape index (κ1) is 15.3. The van der Waals surface area contributed by atoms with E-state index in [-0.39, 0.29) is 0 Å². The summed E-state index contributed by atoms with van der Waals surface area (Å²) in [6.07, 6.45) is 0. The van der Waals surface area contributed by atoms with Crippen molar-refractivity contribution in [3.05, 3.63) is 32.8 Å². The highest BCUT2D eigenvalue weighted by Crippen LogP contribution is 2.31. The van der Waals surface area contributed by atoms with Gasteiger partial charge in [-0.2, -0.15) is 0 Å². The second kappa shape index (κ2) is 7.59. The fourth-order valence-corrected chi connectivity index (χ4v) is 2.62. The fraction of sp³-hybridized carbons (Fsp3) is 0.455. The summed E-state index contributed by atoms with van der Waals surface area (Å²) in [7, 11) is -0.754. The molecule has 0 aromatic heterocycles. The molecular formula is C11H14Cl3NOS. The maximum Gasteiger partial charge on any atom is 0.0652 e. The topological polar surface area (TPSA) is 29.1 Å². The van der Waals surface area contributed by atoms with Crippen LogP contribution in [0.2, 0.25) is 15.1 Å². The van der Waals surface area contributed by atoms with Gasteiger partial charge in [0.2, 0.25) is 0 Å². The molecule has 6 heteroatoms. The number of hydrogen-bond donors (Lipinski definition) is 1. The Kier molecular flexibility index (Phi) is 6.82. The molecule has 1 atom stereocenters. The standard InChI is InChI=1S/C11H14Cl3NOS/c1-2-17(16)6-5-15-7-8-9(12)3-4-10(13)11(8)14/h3-4,15H,2,5-7H2,1H3. The van der Waals surface area contributed by atoms with Crippen molar-refractivity contribution >= 4 is 45.6 Å². The number of rotatable bonds is 6. The van der Waals surface area contributed by atoms with Gasteiger partial charge in [0.25, 0.3) is 0 Å². The molecule has 0 saturated carbocycles. The minimum Gasteiger partial charge on any atom is -0.312 e. The molecule has 0 fully saturated rings. The summed E-state index contributed by atoms with van der Waals surface area (Å²) in [6, 6.07) is 3.39. The number of hydrogen-bond acceptors (Lipinski definition) is 2. The quantitative estimate of drug-likeness (QED) is 0.643. The van der Waals surface area contributed by atoms with Gasteiger partial charge in [-0.05, 0) is 12.1 Å². The molecule has 2 nitrogen and oxygen atoms in total. The summed E-state index contributed by atoms with van der Waals surface area (Å²) in [5.74, 6) is 1.31. The molecule has 0 heterocycles. The fourth-order valence-electron chi connectivity index (χ4n) is 1.27. The molecule has 0 bridgehead atoms. The lowest BCUT2D eigenvalue weighted by Crippen LogP contribution is -2.21. The van der Waals surface area contributed by atoms with Crippen molar-refractivity contribution in [2.75, 3.05) is 18.1 Å². The van der Waals surface area contributed by atoms with E-state index in [1.165, 1.54) is 0 Å². The highest BCUT2D eigenvalue weighted by atomic mass is 35.5. The predicted molar refractivity (Wildman–Crippen MR) is 76.7 cm³/mol. The molecule has 1 rings (SSSR count). The Balaban J connectivity index is 2.52. The van der Waals surface area contributed by atoms with Crippen LogP contribution in [0.5, 0.6) is 0 Å². The van der Waals surface area contributed by atoms with E-state index in [0.29, 0.717) is 39.7 Å². The third-order valence-corrected chi connectivity index (χ3v) is 4.77. The molecule has 0 aliphatic heterocycles. The molecule has 0 radical (unpaired) electrons.